The number of nitrogens with one attached hydrogen (secondary N) is 3. The molecule has 1 aromatic heterocycles. The maximum Gasteiger partial charge on any atom is 0.264 e. The number of piperidine rings is 1. The van der Waals surface area contributed by atoms with Gasteiger partial charge in [-0.1, -0.05) is 0 Å². The molecular formula is C19H26N6O2. The maximum absolute atomic E-state index is 12.8. The summed E-state index contributed by atoms with van der Waals surface area (Å²) in [4.78, 5) is 19.3. The number of aromatic nitrogens is 2. The van der Waals surface area contributed by atoms with Crippen LogP contribution in [0, 0.1) is 5.41 Å². The highest BCUT2D eigenvalue weighted by atomic mass is 16.3. The number of nitrogens with zero attached hydrogens (tertiary/aromatic N) is 3. The van der Waals surface area contributed by atoms with Crippen molar-refractivity contribution >= 4 is 23.4 Å². The monoisotopic (exact) mass is 370 g/mol. The molecule has 1 fully saturated rings. The second-order valence-electron chi connectivity index (χ2n) is 7.06. The van der Waals surface area contributed by atoms with Crippen LogP contribution in [0.15, 0.2) is 35.4 Å². The Balaban J connectivity index is 1.82. The number of rotatable bonds is 6. The standard InChI is InChI=1S/C19H26N6O2/c1-21-14-3-5-15(6-4-14)23-17-16(11-20)18(26)25(13-22-17)12-19(27)7-9-24(2)10-8-19/h3-6,11,13,20-21,23,27H,7-10,12H2,1-2H3. The highest BCUT2D eigenvalue weighted by molar-refractivity contribution is 5.85. The van der Waals surface area contributed by atoms with Crippen molar-refractivity contribution in [3.8, 4) is 0 Å². The van der Waals surface area contributed by atoms with Gasteiger partial charge in [-0.05, 0) is 44.2 Å². The first-order valence-corrected chi connectivity index (χ1v) is 9.00. The van der Waals surface area contributed by atoms with Gasteiger partial charge in [-0.3, -0.25) is 9.36 Å². The van der Waals surface area contributed by atoms with Crippen LogP contribution < -0.4 is 16.2 Å². The van der Waals surface area contributed by atoms with E-state index >= 15 is 0 Å². The molecule has 0 bridgehead atoms. The van der Waals surface area contributed by atoms with E-state index in [0.717, 1.165) is 30.7 Å². The molecule has 0 amide bonds. The molecule has 0 unspecified atom stereocenters. The summed E-state index contributed by atoms with van der Waals surface area (Å²) in [5.74, 6) is 0.332. The molecule has 27 heavy (non-hydrogen) atoms. The second-order valence-corrected chi connectivity index (χ2v) is 7.06. The third-order valence-electron chi connectivity index (χ3n) is 5.04. The number of hydrogen-bond acceptors (Lipinski definition) is 7. The zero-order valence-corrected chi connectivity index (χ0v) is 15.7. The van der Waals surface area contributed by atoms with Gasteiger partial charge in [0.1, 0.15) is 11.4 Å². The van der Waals surface area contributed by atoms with Crippen molar-refractivity contribution in [1.29, 1.82) is 5.41 Å². The summed E-state index contributed by atoms with van der Waals surface area (Å²) >= 11 is 0. The first-order chi connectivity index (χ1) is 12.9. The van der Waals surface area contributed by atoms with Crippen LogP contribution in [0.1, 0.15) is 18.4 Å². The van der Waals surface area contributed by atoms with Gasteiger partial charge in [0.2, 0.25) is 0 Å². The summed E-state index contributed by atoms with van der Waals surface area (Å²) in [6.07, 6.45) is 3.66. The van der Waals surface area contributed by atoms with Crippen LogP contribution in [0.25, 0.3) is 0 Å². The van der Waals surface area contributed by atoms with Crippen molar-refractivity contribution in [1.82, 2.24) is 14.5 Å². The number of likely N-dealkylation sites (tertiary alicyclic amines) is 1. The molecule has 8 nitrogen and oxygen atoms in total. The quantitative estimate of drug-likeness (QED) is 0.574. The summed E-state index contributed by atoms with van der Waals surface area (Å²) in [5.41, 5.74) is 0.668. The first-order valence-electron chi connectivity index (χ1n) is 9.00. The lowest BCUT2D eigenvalue weighted by molar-refractivity contribution is -0.0299. The van der Waals surface area contributed by atoms with E-state index in [9.17, 15) is 9.90 Å². The lowest BCUT2D eigenvalue weighted by Gasteiger charge is -2.36. The second kappa shape index (κ2) is 7.89. The molecule has 4 N–H and O–H groups in total. The van der Waals surface area contributed by atoms with Crippen LogP contribution in [0.3, 0.4) is 0 Å². The van der Waals surface area contributed by atoms with Crippen molar-refractivity contribution in [3.05, 3.63) is 46.5 Å². The summed E-state index contributed by atoms with van der Waals surface area (Å²) in [6.45, 7) is 1.77. The first kappa shape index (κ1) is 19.1. The third kappa shape index (κ3) is 4.35. The Morgan fingerprint density at radius 2 is 1.89 bits per heavy atom. The van der Waals surface area contributed by atoms with Gasteiger partial charge in [-0.15, -0.1) is 0 Å². The van der Waals surface area contributed by atoms with Gasteiger partial charge >= 0.3 is 0 Å². The Kier molecular flexibility index (Phi) is 5.57. The highest BCUT2D eigenvalue weighted by Crippen LogP contribution is 2.23. The molecule has 2 heterocycles. The average molecular weight is 370 g/mol. The van der Waals surface area contributed by atoms with Gasteiger partial charge in [-0.2, -0.15) is 0 Å². The Morgan fingerprint density at radius 3 is 2.48 bits per heavy atom. The molecule has 1 saturated heterocycles. The average Bonchev–Trinajstić information content (AvgIpc) is 2.67. The fraction of sp³-hybridized carbons (Fsp3) is 0.421. The molecular weight excluding hydrogens is 344 g/mol. The van der Waals surface area contributed by atoms with Crippen LogP contribution in [0.5, 0.6) is 0 Å². The van der Waals surface area contributed by atoms with E-state index in [0.29, 0.717) is 18.7 Å². The molecule has 8 heteroatoms. The molecule has 0 radical (unpaired) electrons. The summed E-state index contributed by atoms with van der Waals surface area (Å²) in [6, 6.07) is 7.55. The van der Waals surface area contributed by atoms with Gasteiger partial charge in [0, 0.05) is 37.7 Å². The lowest BCUT2D eigenvalue weighted by atomic mass is 9.91. The van der Waals surface area contributed by atoms with Gasteiger partial charge in [-0.25, -0.2) is 4.98 Å². The predicted molar refractivity (Wildman–Crippen MR) is 107 cm³/mol. The van der Waals surface area contributed by atoms with Crippen LogP contribution >= 0.6 is 0 Å². The molecule has 1 aliphatic rings. The Labute approximate surface area is 158 Å². The molecule has 0 aliphatic carbocycles. The Bertz CT molecular complexity index is 853. The van der Waals surface area contributed by atoms with E-state index in [1.807, 2.05) is 38.4 Å². The lowest BCUT2D eigenvalue weighted by Crippen LogP contribution is -2.47. The van der Waals surface area contributed by atoms with E-state index in [1.165, 1.54) is 10.9 Å². The number of aliphatic hydroxyl groups is 1. The highest BCUT2D eigenvalue weighted by Gasteiger charge is 2.32. The van der Waals surface area contributed by atoms with E-state index in [2.05, 4.69) is 20.5 Å². The third-order valence-corrected chi connectivity index (χ3v) is 5.04. The van der Waals surface area contributed by atoms with E-state index < -0.39 is 5.60 Å². The largest absolute Gasteiger partial charge is 0.388 e. The molecule has 2 aromatic rings. The van der Waals surface area contributed by atoms with Crippen LogP contribution in [-0.2, 0) is 6.54 Å². The van der Waals surface area contributed by atoms with Gasteiger partial charge in [0.15, 0.2) is 0 Å². The fourth-order valence-corrected chi connectivity index (χ4v) is 3.21. The normalized spacial score (nSPS) is 16.7. The minimum Gasteiger partial charge on any atom is -0.388 e. The van der Waals surface area contributed by atoms with Crippen molar-refractivity contribution < 1.29 is 5.11 Å². The molecule has 1 aromatic carbocycles. The van der Waals surface area contributed by atoms with E-state index in [-0.39, 0.29) is 17.7 Å². The van der Waals surface area contributed by atoms with Crippen LogP contribution in [0.4, 0.5) is 17.2 Å². The van der Waals surface area contributed by atoms with E-state index in [4.69, 9.17) is 5.41 Å². The van der Waals surface area contributed by atoms with E-state index in [1.54, 1.807) is 0 Å². The molecule has 0 saturated carbocycles. The number of hydrogen-bond donors (Lipinski definition) is 4. The SMILES string of the molecule is CNc1ccc(Nc2ncn(CC3(O)CCN(C)CC3)c(=O)c2C=N)cc1. The Hall–Kier alpha value is -2.71. The van der Waals surface area contributed by atoms with Gasteiger partial charge < -0.3 is 26.0 Å². The molecule has 144 valence electrons. The van der Waals surface area contributed by atoms with Crippen molar-refractivity contribution in [3.63, 3.8) is 0 Å². The van der Waals surface area contributed by atoms with Gasteiger partial charge in [0.25, 0.3) is 5.56 Å². The molecule has 1 aliphatic heterocycles. The molecule has 0 atom stereocenters. The topological polar surface area (TPSA) is 106 Å². The van der Waals surface area contributed by atoms with Crippen molar-refractivity contribution in [2.45, 2.75) is 25.0 Å². The predicted octanol–water partition coefficient (Wildman–Crippen LogP) is 1.48. The zero-order valence-electron chi connectivity index (χ0n) is 15.7. The smallest absolute Gasteiger partial charge is 0.264 e. The van der Waals surface area contributed by atoms with Crippen molar-refractivity contribution in [2.75, 3.05) is 37.8 Å². The maximum atomic E-state index is 12.8. The van der Waals surface area contributed by atoms with Crippen LogP contribution in [0.2, 0.25) is 0 Å². The summed E-state index contributed by atoms with van der Waals surface area (Å²) in [5, 5.41) is 24.6. The Morgan fingerprint density at radius 1 is 1.26 bits per heavy atom. The fourth-order valence-electron chi connectivity index (χ4n) is 3.21. The minimum absolute atomic E-state index is 0.173. The van der Waals surface area contributed by atoms with Crippen molar-refractivity contribution in [2.24, 2.45) is 0 Å². The zero-order chi connectivity index (χ0) is 19.4. The summed E-state index contributed by atoms with van der Waals surface area (Å²) < 4.78 is 1.40. The number of benzene rings is 1. The molecule has 3 rings (SSSR count). The summed E-state index contributed by atoms with van der Waals surface area (Å²) in [7, 11) is 3.86. The number of anilines is 3. The minimum atomic E-state index is -0.921. The van der Waals surface area contributed by atoms with Crippen LogP contribution in [-0.4, -0.2) is 58.6 Å². The molecule has 0 spiro atoms. The van der Waals surface area contributed by atoms with Gasteiger partial charge in [0.05, 0.1) is 18.5 Å².